The fourth-order valence-corrected chi connectivity index (χ4v) is 1.55. The number of nitrogens with zero attached hydrogens (tertiary/aromatic N) is 1. The summed E-state index contributed by atoms with van der Waals surface area (Å²) >= 11 is 0. The van der Waals surface area contributed by atoms with Gasteiger partial charge in [-0.25, -0.2) is 0 Å². The van der Waals surface area contributed by atoms with E-state index in [-0.39, 0.29) is 17.1 Å². The quantitative estimate of drug-likeness (QED) is 0.880. The van der Waals surface area contributed by atoms with Gasteiger partial charge in [-0.2, -0.15) is 13.2 Å². The van der Waals surface area contributed by atoms with E-state index in [1.807, 2.05) is 0 Å². The molecule has 3 nitrogen and oxygen atoms in total. The molecule has 0 aliphatic rings. The normalized spacial score (nSPS) is 11.7. The van der Waals surface area contributed by atoms with E-state index in [1.54, 1.807) is 18.2 Å². The summed E-state index contributed by atoms with van der Waals surface area (Å²) in [7, 11) is 0. The van der Waals surface area contributed by atoms with Crippen LogP contribution in [-0.2, 0) is 6.42 Å². The second kappa shape index (κ2) is 4.12. The summed E-state index contributed by atoms with van der Waals surface area (Å²) in [5.41, 5.74) is 5.86. The van der Waals surface area contributed by atoms with Gasteiger partial charge >= 0.3 is 6.18 Å². The first-order chi connectivity index (χ1) is 7.96. The molecule has 1 aromatic carbocycles. The molecule has 0 radical (unpaired) electrons. The Morgan fingerprint density at radius 2 is 1.94 bits per heavy atom. The molecule has 0 aliphatic heterocycles. The molecule has 2 N–H and O–H groups in total. The lowest BCUT2D eigenvalue weighted by Gasteiger charge is -2.09. The molecule has 0 fully saturated rings. The molecule has 0 saturated heterocycles. The van der Waals surface area contributed by atoms with Crippen molar-refractivity contribution in [2.24, 2.45) is 0 Å². The lowest BCUT2D eigenvalue weighted by molar-refractivity contribution is -0.127. The van der Waals surface area contributed by atoms with Crippen molar-refractivity contribution < 1.29 is 17.7 Å². The molecule has 17 heavy (non-hydrogen) atoms. The summed E-state index contributed by atoms with van der Waals surface area (Å²) in [5.74, 6) is 0.379. The van der Waals surface area contributed by atoms with Crippen LogP contribution in [0.15, 0.2) is 34.9 Å². The van der Waals surface area contributed by atoms with Crippen molar-refractivity contribution in [1.29, 1.82) is 0 Å². The van der Waals surface area contributed by atoms with E-state index in [0.29, 0.717) is 5.56 Å². The molecular weight excluding hydrogens is 233 g/mol. The Balaban J connectivity index is 2.41. The third-order valence-electron chi connectivity index (χ3n) is 2.20. The van der Waals surface area contributed by atoms with Crippen molar-refractivity contribution in [2.75, 3.05) is 5.73 Å². The summed E-state index contributed by atoms with van der Waals surface area (Å²) in [6.07, 6.45) is -5.27. The van der Waals surface area contributed by atoms with Crippen molar-refractivity contribution in [3.63, 3.8) is 0 Å². The number of anilines is 1. The number of hydrogen-bond acceptors (Lipinski definition) is 3. The van der Waals surface area contributed by atoms with Crippen molar-refractivity contribution in [2.45, 2.75) is 12.6 Å². The predicted molar refractivity (Wildman–Crippen MR) is 56.1 cm³/mol. The second-order valence-electron chi connectivity index (χ2n) is 3.57. The molecule has 2 rings (SSSR count). The lowest BCUT2D eigenvalue weighted by Crippen LogP contribution is -2.12. The second-order valence-corrected chi connectivity index (χ2v) is 3.57. The monoisotopic (exact) mass is 242 g/mol. The van der Waals surface area contributed by atoms with Crippen LogP contribution >= 0.6 is 0 Å². The van der Waals surface area contributed by atoms with Crippen molar-refractivity contribution in [3.8, 4) is 11.3 Å². The highest BCUT2D eigenvalue weighted by Gasteiger charge is 2.29. The van der Waals surface area contributed by atoms with E-state index in [9.17, 15) is 13.2 Å². The molecule has 6 heteroatoms. The van der Waals surface area contributed by atoms with Gasteiger partial charge in [-0.1, -0.05) is 29.4 Å². The molecule has 0 atom stereocenters. The average molecular weight is 242 g/mol. The topological polar surface area (TPSA) is 52.0 Å². The lowest BCUT2D eigenvalue weighted by atomic mass is 10.0. The Labute approximate surface area is 95.0 Å². The van der Waals surface area contributed by atoms with Gasteiger partial charge in [0.2, 0.25) is 0 Å². The Morgan fingerprint density at radius 3 is 2.53 bits per heavy atom. The molecule has 1 heterocycles. The molecule has 0 saturated carbocycles. The van der Waals surface area contributed by atoms with E-state index in [4.69, 9.17) is 10.3 Å². The number of halogens is 3. The van der Waals surface area contributed by atoms with Crippen LogP contribution in [0.2, 0.25) is 0 Å². The molecule has 0 bridgehead atoms. The number of rotatable bonds is 2. The number of nitrogens with two attached hydrogens (primary N) is 1. The van der Waals surface area contributed by atoms with Gasteiger partial charge in [-0.15, -0.1) is 0 Å². The molecule has 0 aliphatic carbocycles. The first-order valence-corrected chi connectivity index (χ1v) is 4.83. The molecule has 0 amide bonds. The van der Waals surface area contributed by atoms with Gasteiger partial charge in [-0.05, 0) is 5.56 Å². The fourth-order valence-electron chi connectivity index (χ4n) is 1.55. The number of nitrogen functional groups attached to an aromatic ring is 1. The fraction of sp³-hybridized carbons (Fsp3) is 0.182. The van der Waals surface area contributed by atoms with Crippen molar-refractivity contribution >= 4 is 5.82 Å². The Kier molecular flexibility index (Phi) is 2.79. The van der Waals surface area contributed by atoms with E-state index in [2.05, 4.69) is 5.16 Å². The highest BCUT2D eigenvalue weighted by atomic mass is 19.4. The van der Waals surface area contributed by atoms with Gasteiger partial charge in [-0.3, -0.25) is 0 Å². The summed E-state index contributed by atoms with van der Waals surface area (Å²) in [6.45, 7) is 0. The zero-order valence-corrected chi connectivity index (χ0v) is 8.66. The van der Waals surface area contributed by atoms with Crippen LogP contribution in [0.25, 0.3) is 11.3 Å². The first kappa shape index (κ1) is 11.5. The van der Waals surface area contributed by atoms with Gasteiger partial charge in [0.1, 0.15) is 0 Å². The minimum atomic E-state index is -4.26. The smallest absolute Gasteiger partial charge is 0.381 e. The van der Waals surface area contributed by atoms with Crippen LogP contribution in [0.3, 0.4) is 0 Å². The zero-order valence-electron chi connectivity index (χ0n) is 8.66. The Bertz CT molecular complexity index is 519. The van der Waals surface area contributed by atoms with Crippen LogP contribution < -0.4 is 5.73 Å². The van der Waals surface area contributed by atoms with E-state index in [0.717, 1.165) is 0 Å². The SMILES string of the molecule is Nc1cc(-c2ccccc2CC(F)(F)F)on1. The number of benzene rings is 1. The highest BCUT2D eigenvalue weighted by molar-refractivity contribution is 5.64. The van der Waals surface area contributed by atoms with Gasteiger partial charge in [0, 0.05) is 11.6 Å². The molecule has 1 aromatic heterocycles. The van der Waals surface area contributed by atoms with Crippen LogP contribution in [0, 0.1) is 0 Å². The zero-order chi connectivity index (χ0) is 12.5. The number of aromatic nitrogens is 1. The third kappa shape index (κ3) is 2.77. The Morgan fingerprint density at radius 1 is 1.24 bits per heavy atom. The predicted octanol–water partition coefficient (Wildman–Crippen LogP) is 3.03. The van der Waals surface area contributed by atoms with E-state index in [1.165, 1.54) is 12.1 Å². The maximum absolute atomic E-state index is 12.4. The number of alkyl halides is 3. The van der Waals surface area contributed by atoms with Crippen molar-refractivity contribution in [1.82, 2.24) is 5.16 Å². The summed E-state index contributed by atoms with van der Waals surface area (Å²) in [6, 6.07) is 7.52. The van der Waals surface area contributed by atoms with Crippen molar-refractivity contribution in [3.05, 3.63) is 35.9 Å². The standard InChI is InChI=1S/C11H9F3N2O/c12-11(13,14)6-7-3-1-2-4-8(7)9-5-10(15)16-17-9/h1-5H,6H2,(H2,15,16). The number of hydrogen-bond donors (Lipinski definition) is 1. The highest BCUT2D eigenvalue weighted by Crippen LogP contribution is 2.30. The third-order valence-corrected chi connectivity index (χ3v) is 2.20. The molecule has 2 aromatic rings. The summed E-state index contributed by atoms with van der Waals surface area (Å²) in [5, 5.41) is 3.45. The average Bonchev–Trinajstić information content (AvgIpc) is 2.63. The van der Waals surface area contributed by atoms with E-state index < -0.39 is 12.6 Å². The van der Waals surface area contributed by atoms with E-state index >= 15 is 0 Å². The summed E-state index contributed by atoms with van der Waals surface area (Å²) < 4.78 is 42.0. The Hall–Kier alpha value is -1.98. The van der Waals surface area contributed by atoms with Gasteiger partial charge < -0.3 is 10.3 Å². The molecule has 0 unspecified atom stereocenters. The van der Waals surface area contributed by atoms with Gasteiger partial charge in [0.15, 0.2) is 11.6 Å². The van der Waals surface area contributed by atoms with Gasteiger partial charge in [0.25, 0.3) is 0 Å². The van der Waals surface area contributed by atoms with Crippen LogP contribution in [0.1, 0.15) is 5.56 Å². The van der Waals surface area contributed by atoms with Crippen LogP contribution in [-0.4, -0.2) is 11.3 Å². The maximum Gasteiger partial charge on any atom is 0.393 e. The molecule has 90 valence electrons. The summed E-state index contributed by atoms with van der Waals surface area (Å²) in [4.78, 5) is 0. The largest absolute Gasteiger partial charge is 0.393 e. The minimum Gasteiger partial charge on any atom is -0.381 e. The first-order valence-electron chi connectivity index (χ1n) is 4.83. The van der Waals surface area contributed by atoms with Gasteiger partial charge in [0.05, 0.1) is 6.42 Å². The minimum absolute atomic E-state index is 0.135. The molecular formula is C11H9F3N2O. The van der Waals surface area contributed by atoms with Crippen LogP contribution in [0.4, 0.5) is 19.0 Å². The molecule has 0 spiro atoms. The maximum atomic E-state index is 12.4. The van der Waals surface area contributed by atoms with Crippen LogP contribution in [0.5, 0.6) is 0 Å².